The molecule has 1 aliphatic heterocycles. The third kappa shape index (κ3) is 1.87. The number of halogens is 1. The molecule has 2 heterocycles. The maximum absolute atomic E-state index is 12.3. The first kappa shape index (κ1) is 11.2. The van der Waals surface area contributed by atoms with Gasteiger partial charge in [-0.25, -0.2) is 0 Å². The molecule has 0 bridgehead atoms. The largest absolute Gasteiger partial charge is 0.492 e. The van der Waals surface area contributed by atoms with Crippen molar-refractivity contribution < 1.29 is 9.53 Å². The van der Waals surface area contributed by atoms with Crippen molar-refractivity contribution in [3.63, 3.8) is 0 Å². The van der Waals surface area contributed by atoms with Gasteiger partial charge in [-0.05, 0) is 23.8 Å². The molecule has 0 fully saturated rings. The van der Waals surface area contributed by atoms with Gasteiger partial charge in [-0.3, -0.25) is 9.78 Å². The van der Waals surface area contributed by atoms with E-state index in [-0.39, 0.29) is 5.78 Å². The van der Waals surface area contributed by atoms with Gasteiger partial charge in [0.1, 0.15) is 11.4 Å². The summed E-state index contributed by atoms with van der Waals surface area (Å²) in [4.78, 5) is 16.4. The number of ketones is 1. The smallest absolute Gasteiger partial charge is 0.215 e. The van der Waals surface area contributed by atoms with Crippen molar-refractivity contribution in [2.75, 3.05) is 6.61 Å². The second kappa shape index (κ2) is 4.42. The molecule has 0 spiro atoms. The van der Waals surface area contributed by atoms with Crippen LogP contribution in [-0.2, 0) is 6.42 Å². The van der Waals surface area contributed by atoms with Crippen LogP contribution >= 0.6 is 11.6 Å². The van der Waals surface area contributed by atoms with Gasteiger partial charge in [-0.2, -0.15) is 0 Å². The third-order valence-electron chi connectivity index (χ3n) is 2.92. The van der Waals surface area contributed by atoms with E-state index < -0.39 is 0 Å². The zero-order valence-corrected chi connectivity index (χ0v) is 10.3. The van der Waals surface area contributed by atoms with Gasteiger partial charge in [0.25, 0.3) is 0 Å². The van der Waals surface area contributed by atoms with Crippen LogP contribution in [-0.4, -0.2) is 17.4 Å². The predicted molar refractivity (Wildman–Crippen MR) is 68.3 cm³/mol. The Labute approximate surface area is 109 Å². The van der Waals surface area contributed by atoms with Crippen LogP contribution in [0.15, 0.2) is 36.5 Å². The number of ether oxygens (including phenoxy) is 1. The van der Waals surface area contributed by atoms with Gasteiger partial charge >= 0.3 is 0 Å². The van der Waals surface area contributed by atoms with Gasteiger partial charge in [0.15, 0.2) is 0 Å². The van der Waals surface area contributed by atoms with Gasteiger partial charge in [-0.15, -0.1) is 0 Å². The number of carbonyl (C=O) groups is 1. The summed E-state index contributed by atoms with van der Waals surface area (Å²) in [5.41, 5.74) is 2.03. The van der Waals surface area contributed by atoms with E-state index in [1.165, 1.54) is 6.20 Å². The Morgan fingerprint density at radius 2 is 2.17 bits per heavy atom. The first-order valence-electron chi connectivity index (χ1n) is 5.66. The molecule has 1 aromatic carbocycles. The molecule has 1 aliphatic rings. The summed E-state index contributed by atoms with van der Waals surface area (Å²) in [6.45, 7) is 0.633. The lowest BCUT2D eigenvalue weighted by atomic mass is 10.0. The molecule has 0 radical (unpaired) electrons. The summed E-state index contributed by atoms with van der Waals surface area (Å²) in [6.07, 6.45) is 2.32. The number of aromatic nitrogens is 1. The molecule has 18 heavy (non-hydrogen) atoms. The van der Waals surface area contributed by atoms with Gasteiger partial charge in [0.05, 0.1) is 17.2 Å². The highest BCUT2D eigenvalue weighted by Gasteiger charge is 2.21. The summed E-state index contributed by atoms with van der Waals surface area (Å²) in [7, 11) is 0. The topological polar surface area (TPSA) is 39.2 Å². The highest BCUT2D eigenvalue weighted by molar-refractivity contribution is 6.30. The van der Waals surface area contributed by atoms with Crippen molar-refractivity contribution in [3.05, 3.63) is 58.4 Å². The summed E-state index contributed by atoms with van der Waals surface area (Å²) in [5.74, 6) is 0.560. The molecule has 90 valence electrons. The van der Waals surface area contributed by atoms with Crippen LogP contribution in [0.1, 0.15) is 21.6 Å². The van der Waals surface area contributed by atoms with E-state index in [0.29, 0.717) is 28.6 Å². The number of para-hydroxylation sites is 1. The zero-order valence-electron chi connectivity index (χ0n) is 9.52. The van der Waals surface area contributed by atoms with Crippen LogP contribution in [0.25, 0.3) is 0 Å². The molecule has 0 atom stereocenters. The summed E-state index contributed by atoms with van der Waals surface area (Å²) in [6, 6.07) is 8.90. The van der Waals surface area contributed by atoms with Crippen LogP contribution in [0.5, 0.6) is 5.75 Å². The van der Waals surface area contributed by atoms with Crippen LogP contribution in [0.3, 0.4) is 0 Å². The van der Waals surface area contributed by atoms with Crippen molar-refractivity contribution in [1.29, 1.82) is 0 Å². The highest BCUT2D eigenvalue weighted by Crippen LogP contribution is 2.30. The molecular weight excluding hydrogens is 250 g/mol. The quantitative estimate of drug-likeness (QED) is 0.779. The van der Waals surface area contributed by atoms with Crippen molar-refractivity contribution in [1.82, 2.24) is 4.98 Å². The summed E-state index contributed by atoms with van der Waals surface area (Å²) < 4.78 is 5.52. The van der Waals surface area contributed by atoms with E-state index in [2.05, 4.69) is 4.98 Å². The van der Waals surface area contributed by atoms with E-state index in [0.717, 1.165) is 12.0 Å². The molecule has 3 rings (SSSR count). The van der Waals surface area contributed by atoms with E-state index in [9.17, 15) is 4.79 Å². The molecule has 4 heteroatoms. The normalized spacial score (nSPS) is 12.9. The maximum Gasteiger partial charge on any atom is 0.215 e. The number of benzene rings is 1. The number of nitrogens with zero attached hydrogens (tertiary/aromatic N) is 1. The Hall–Kier alpha value is -1.87. The van der Waals surface area contributed by atoms with Crippen molar-refractivity contribution >= 4 is 17.4 Å². The lowest BCUT2D eigenvalue weighted by molar-refractivity contribution is 0.103. The van der Waals surface area contributed by atoms with Crippen LogP contribution in [0.2, 0.25) is 5.02 Å². The van der Waals surface area contributed by atoms with Gasteiger partial charge in [0.2, 0.25) is 5.78 Å². The number of carbonyl (C=O) groups excluding carboxylic acids is 1. The minimum Gasteiger partial charge on any atom is -0.492 e. The fourth-order valence-corrected chi connectivity index (χ4v) is 2.15. The predicted octanol–water partition coefficient (Wildman–Crippen LogP) is 2.90. The number of rotatable bonds is 2. The van der Waals surface area contributed by atoms with Crippen molar-refractivity contribution in [3.8, 4) is 5.75 Å². The van der Waals surface area contributed by atoms with E-state index in [4.69, 9.17) is 16.3 Å². The maximum atomic E-state index is 12.3. The SMILES string of the molecule is O=C(c1ccc(Cl)cn1)c1cccc2c1OCC2. The molecule has 1 aromatic heterocycles. The van der Waals surface area contributed by atoms with E-state index in [1.54, 1.807) is 18.2 Å². The molecule has 0 N–H and O–H groups in total. The van der Waals surface area contributed by atoms with Crippen molar-refractivity contribution in [2.24, 2.45) is 0 Å². The Bertz CT molecular complexity index is 608. The number of hydrogen-bond acceptors (Lipinski definition) is 3. The second-order valence-electron chi connectivity index (χ2n) is 4.08. The molecule has 0 unspecified atom stereocenters. The lowest BCUT2D eigenvalue weighted by Crippen LogP contribution is -2.05. The molecule has 2 aromatic rings. The molecule has 0 saturated carbocycles. The first-order chi connectivity index (χ1) is 8.75. The summed E-state index contributed by atoms with van der Waals surface area (Å²) >= 11 is 5.76. The molecular formula is C14H10ClNO2. The number of fused-ring (bicyclic) bond motifs is 1. The fraction of sp³-hybridized carbons (Fsp3) is 0.143. The first-order valence-corrected chi connectivity index (χ1v) is 6.04. The molecule has 0 amide bonds. The van der Waals surface area contributed by atoms with Crippen LogP contribution in [0.4, 0.5) is 0 Å². The monoisotopic (exact) mass is 259 g/mol. The Kier molecular flexibility index (Phi) is 2.76. The minimum atomic E-state index is -0.134. The summed E-state index contributed by atoms with van der Waals surface area (Å²) in [5, 5.41) is 0.515. The highest BCUT2D eigenvalue weighted by atomic mass is 35.5. The Morgan fingerprint density at radius 3 is 2.94 bits per heavy atom. The van der Waals surface area contributed by atoms with Crippen LogP contribution in [0, 0.1) is 0 Å². The van der Waals surface area contributed by atoms with Gasteiger partial charge in [-0.1, -0.05) is 23.7 Å². The average molecular weight is 260 g/mol. The second-order valence-corrected chi connectivity index (χ2v) is 4.52. The Morgan fingerprint density at radius 1 is 1.28 bits per heavy atom. The molecule has 0 aliphatic carbocycles. The average Bonchev–Trinajstić information content (AvgIpc) is 2.87. The molecule has 3 nitrogen and oxygen atoms in total. The van der Waals surface area contributed by atoms with E-state index in [1.807, 2.05) is 12.1 Å². The zero-order chi connectivity index (χ0) is 12.5. The minimum absolute atomic E-state index is 0.134. The van der Waals surface area contributed by atoms with Gasteiger partial charge in [0, 0.05) is 12.6 Å². The molecule has 0 saturated heterocycles. The van der Waals surface area contributed by atoms with E-state index >= 15 is 0 Å². The standard InChI is InChI=1S/C14H10ClNO2/c15-10-4-5-12(16-8-10)13(17)11-3-1-2-9-6-7-18-14(9)11/h1-5,8H,6-7H2. The number of pyridine rings is 1. The van der Waals surface area contributed by atoms with Crippen LogP contribution < -0.4 is 4.74 Å². The Balaban J connectivity index is 2.03. The fourth-order valence-electron chi connectivity index (χ4n) is 2.04. The van der Waals surface area contributed by atoms with Crippen molar-refractivity contribution in [2.45, 2.75) is 6.42 Å². The third-order valence-corrected chi connectivity index (χ3v) is 3.14. The van der Waals surface area contributed by atoms with Gasteiger partial charge < -0.3 is 4.74 Å². The lowest BCUT2D eigenvalue weighted by Gasteiger charge is -2.06. The number of hydrogen-bond donors (Lipinski definition) is 0.